The van der Waals surface area contributed by atoms with E-state index in [1.54, 1.807) is 5.38 Å². The number of carbonyl (C=O) groups is 1. The number of carboxylic acid groups (broad SMARTS) is 1. The Bertz CT molecular complexity index is 1120. The van der Waals surface area contributed by atoms with Crippen LogP contribution in [-0.2, 0) is 15.2 Å². The summed E-state index contributed by atoms with van der Waals surface area (Å²) in [5.41, 5.74) is 2.31. The van der Waals surface area contributed by atoms with E-state index in [0.717, 1.165) is 16.7 Å². The molecule has 8 heteroatoms. The molecule has 0 fully saturated rings. The summed E-state index contributed by atoms with van der Waals surface area (Å²) in [6, 6.07) is 30.3. The van der Waals surface area contributed by atoms with Gasteiger partial charge in [0.2, 0.25) is 5.71 Å². The third-order valence-corrected chi connectivity index (χ3v) is 5.80. The zero-order valence-electron chi connectivity index (χ0n) is 17.3. The maximum absolute atomic E-state index is 11.6. The summed E-state index contributed by atoms with van der Waals surface area (Å²) in [4.78, 5) is 20.8. The van der Waals surface area contributed by atoms with Gasteiger partial charge in [-0.1, -0.05) is 96.2 Å². The maximum atomic E-state index is 11.6. The average Bonchev–Trinajstić information content (AvgIpc) is 3.30. The van der Waals surface area contributed by atoms with Crippen LogP contribution in [0.3, 0.4) is 0 Å². The summed E-state index contributed by atoms with van der Waals surface area (Å²) >= 11 is 1.31. The van der Waals surface area contributed by atoms with Crippen LogP contribution in [0.1, 0.15) is 22.4 Å². The molecule has 0 radical (unpaired) electrons. The third-order valence-electron chi connectivity index (χ3n) is 5.05. The number of rotatable bonds is 8. The summed E-state index contributed by atoms with van der Waals surface area (Å²) in [7, 11) is 1.31. The molecule has 33 heavy (non-hydrogen) atoms. The first-order chi connectivity index (χ1) is 15.6. The molecule has 6 nitrogen and oxygen atoms in total. The van der Waals surface area contributed by atoms with Gasteiger partial charge in [0.1, 0.15) is 18.3 Å². The molecule has 2 N–H and O–H groups in total. The first-order valence-corrected chi connectivity index (χ1v) is 10.8. The molecule has 3 aromatic carbocycles. The van der Waals surface area contributed by atoms with Gasteiger partial charge in [-0.3, -0.25) is 0 Å². The Balaban J connectivity index is 0.00000306. The molecule has 0 aliphatic carbocycles. The molecule has 0 unspecified atom stereocenters. The second-order valence-electron chi connectivity index (χ2n) is 6.94. The first-order valence-electron chi connectivity index (χ1n) is 9.90. The van der Waals surface area contributed by atoms with Gasteiger partial charge in [0.25, 0.3) is 0 Å². The Morgan fingerprint density at radius 2 is 1.36 bits per heavy atom. The van der Waals surface area contributed by atoms with Crippen LogP contribution in [0.15, 0.2) is 102 Å². The van der Waals surface area contributed by atoms with Crippen LogP contribution in [0.4, 0.5) is 5.13 Å². The van der Waals surface area contributed by atoms with Gasteiger partial charge in [-0.05, 0) is 16.7 Å². The minimum absolute atomic E-state index is 0. The number of benzene rings is 3. The molecule has 4 aromatic rings. The number of thiazole rings is 1. The molecule has 1 aromatic heterocycles. The van der Waals surface area contributed by atoms with Gasteiger partial charge in [0, 0.05) is 5.38 Å². The number of aromatic nitrogens is 1. The van der Waals surface area contributed by atoms with Crippen molar-refractivity contribution in [2.75, 3.05) is 12.4 Å². The van der Waals surface area contributed by atoms with Gasteiger partial charge in [-0.15, -0.1) is 11.3 Å². The molecule has 0 saturated carbocycles. The Kier molecular flexibility index (Phi) is 8.41. The van der Waals surface area contributed by atoms with Crippen molar-refractivity contribution in [1.29, 1.82) is 0 Å². The molecule has 1 heterocycles. The van der Waals surface area contributed by atoms with Crippen LogP contribution in [0.25, 0.3) is 0 Å². The van der Waals surface area contributed by atoms with E-state index in [-0.39, 0.29) is 41.0 Å². The zero-order chi connectivity index (χ0) is 22.4. The molecular weight excluding hydrogens is 445 g/mol. The Morgan fingerprint density at radius 3 is 1.76 bits per heavy atom. The van der Waals surface area contributed by atoms with E-state index in [0.29, 0.717) is 5.13 Å². The Hall–Kier alpha value is -2.97. The van der Waals surface area contributed by atoms with Crippen molar-refractivity contribution in [2.45, 2.75) is 5.54 Å². The van der Waals surface area contributed by atoms with Crippen LogP contribution in [0, 0.1) is 0 Å². The van der Waals surface area contributed by atoms with Crippen LogP contribution >= 0.6 is 11.3 Å². The van der Waals surface area contributed by atoms with Crippen LogP contribution in [0.2, 0.25) is 0 Å². The van der Waals surface area contributed by atoms with Gasteiger partial charge in [-0.25, -0.2) is 9.78 Å². The van der Waals surface area contributed by atoms with Crippen molar-refractivity contribution >= 4 is 57.7 Å². The van der Waals surface area contributed by atoms with Crippen molar-refractivity contribution < 1.29 is 14.7 Å². The van der Waals surface area contributed by atoms with E-state index in [4.69, 9.17) is 0 Å². The number of nitrogens with zero attached hydrogens (tertiary/aromatic N) is 2. The van der Waals surface area contributed by atoms with Crippen LogP contribution in [-0.4, -0.2) is 58.4 Å². The molecule has 0 aliphatic heterocycles. The summed E-state index contributed by atoms with van der Waals surface area (Å²) < 4.78 is 0. The minimum atomic E-state index is -1.20. The quantitative estimate of drug-likeness (QED) is 0.174. The number of hydrogen-bond donors (Lipinski definition) is 2. The topological polar surface area (TPSA) is 83.8 Å². The van der Waals surface area contributed by atoms with Crippen LogP contribution < -0.4 is 5.32 Å². The monoisotopic (exact) mass is 467 g/mol. The number of hydrogen-bond acceptors (Lipinski definition) is 6. The van der Waals surface area contributed by atoms with Crippen molar-refractivity contribution in [1.82, 2.24) is 4.98 Å². The summed E-state index contributed by atoms with van der Waals surface area (Å²) in [5, 5.41) is 18.9. The standard InChI is InChI=1S/C25H21N3O3S.Na.H/c1-31-28-22(23(29)30)21-17-32-24(26-21)27-25(18-11-5-2-6-12-18,19-13-7-3-8-14-19)20-15-9-4-10-16-20;;/h2-17H,1H3,(H,26,27)(H,29,30);;. The predicted octanol–water partition coefficient (Wildman–Crippen LogP) is 4.33. The summed E-state index contributed by atoms with van der Waals surface area (Å²) in [6.45, 7) is 0. The van der Waals surface area contributed by atoms with E-state index < -0.39 is 11.5 Å². The third kappa shape index (κ3) is 5.17. The number of aliphatic carboxylic acids is 1. The van der Waals surface area contributed by atoms with Crippen molar-refractivity contribution in [2.24, 2.45) is 5.16 Å². The molecule has 4 rings (SSSR count). The van der Waals surface area contributed by atoms with E-state index in [9.17, 15) is 9.90 Å². The van der Waals surface area contributed by atoms with E-state index >= 15 is 0 Å². The normalized spacial score (nSPS) is 11.4. The van der Waals surface area contributed by atoms with E-state index in [2.05, 4.69) is 56.7 Å². The van der Waals surface area contributed by atoms with Crippen molar-refractivity contribution in [3.63, 3.8) is 0 Å². The number of carboxylic acids is 1. The fraction of sp³-hybridized carbons (Fsp3) is 0.0800. The number of oxime groups is 1. The molecule has 162 valence electrons. The second kappa shape index (κ2) is 11.2. The fourth-order valence-electron chi connectivity index (χ4n) is 3.67. The summed E-state index contributed by atoms with van der Waals surface area (Å²) in [5.74, 6) is -1.20. The van der Waals surface area contributed by atoms with E-state index in [1.807, 2.05) is 54.6 Å². The molecule has 0 amide bonds. The average molecular weight is 468 g/mol. The van der Waals surface area contributed by atoms with Crippen molar-refractivity contribution in [3.05, 3.63) is 119 Å². The van der Waals surface area contributed by atoms with Crippen molar-refractivity contribution in [3.8, 4) is 0 Å². The first kappa shape index (κ1) is 24.7. The van der Waals surface area contributed by atoms with Gasteiger partial charge < -0.3 is 15.3 Å². The number of nitrogens with one attached hydrogen (secondary N) is 1. The Morgan fingerprint density at radius 1 is 0.909 bits per heavy atom. The SMILES string of the molecule is CON=C(C(=O)O)c1csc(NC(c2ccccc2)(c2ccccc2)c2ccccc2)n1.[NaH]. The Labute approximate surface area is 218 Å². The van der Waals surface area contributed by atoms with Gasteiger partial charge in [0.15, 0.2) is 5.13 Å². The van der Waals surface area contributed by atoms with Crippen LogP contribution in [0.5, 0.6) is 0 Å². The summed E-state index contributed by atoms with van der Waals surface area (Å²) in [6.07, 6.45) is 0. The zero-order valence-corrected chi connectivity index (χ0v) is 18.1. The van der Waals surface area contributed by atoms with E-state index in [1.165, 1.54) is 18.4 Å². The molecule has 0 atom stereocenters. The second-order valence-corrected chi connectivity index (χ2v) is 7.80. The van der Waals surface area contributed by atoms with Gasteiger partial charge in [0.05, 0.1) is 0 Å². The van der Waals surface area contributed by atoms with Gasteiger partial charge in [-0.2, -0.15) is 0 Å². The molecule has 0 aliphatic rings. The fourth-order valence-corrected chi connectivity index (χ4v) is 4.42. The molecule has 0 bridgehead atoms. The molecule has 0 saturated heterocycles. The number of anilines is 1. The predicted molar refractivity (Wildman–Crippen MR) is 133 cm³/mol. The molecule has 0 spiro atoms. The van der Waals surface area contributed by atoms with Gasteiger partial charge >= 0.3 is 35.5 Å². The molecular formula is C25H22N3NaO3S.